The molecule has 1 heterocycles. The average molecular weight is 475 g/mol. The Morgan fingerprint density at radius 3 is 2.39 bits per heavy atom. The van der Waals surface area contributed by atoms with Crippen molar-refractivity contribution in [2.75, 3.05) is 0 Å². The number of fused-ring (bicyclic) bond motifs is 4. The minimum absolute atomic E-state index is 0.159. The Bertz CT molecular complexity index is 729. The maximum Gasteiger partial charge on any atom is 0.184 e. The van der Waals surface area contributed by atoms with Crippen LogP contribution in [0.4, 0.5) is 0 Å². The van der Waals surface area contributed by atoms with Gasteiger partial charge < -0.3 is 9.16 Å². The van der Waals surface area contributed by atoms with Crippen LogP contribution in [0.15, 0.2) is 0 Å². The van der Waals surface area contributed by atoms with Crippen molar-refractivity contribution in [3.63, 3.8) is 0 Å². The molecule has 190 valence electrons. The summed E-state index contributed by atoms with van der Waals surface area (Å²) in [4.78, 5) is 0. The van der Waals surface area contributed by atoms with Gasteiger partial charge in [0.2, 0.25) is 0 Å². The number of ether oxygens (including phenoxy) is 1. The maximum absolute atomic E-state index is 6.78. The first kappa shape index (κ1) is 24.8. The van der Waals surface area contributed by atoms with Crippen molar-refractivity contribution in [2.45, 2.75) is 143 Å². The Kier molecular flexibility index (Phi) is 6.27. The first-order valence-corrected chi connectivity index (χ1v) is 18.2. The van der Waals surface area contributed by atoms with Crippen LogP contribution >= 0.6 is 0 Å². The molecule has 0 N–H and O–H groups in total. The third-order valence-electron chi connectivity index (χ3n) is 11.8. The monoisotopic (exact) mass is 474 g/mol. The van der Waals surface area contributed by atoms with Gasteiger partial charge in [-0.1, -0.05) is 53.9 Å². The van der Waals surface area contributed by atoms with Crippen molar-refractivity contribution in [3.05, 3.63) is 0 Å². The molecule has 4 saturated carbocycles. The minimum Gasteiger partial charge on any atom is -0.415 e. The molecule has 5 aliphatic rings. The molecule has 0 aromatic carbocycles. The largest absolute Gasteiger partial charge is 0.415 e. The highest BCUT2D eigenvalue weighted by Gasteiger charge is 2.76. The summed E-state index contributed by atoms with van der Waals surface area (Å²) in [5.41, 5.74) is 1.14. The van der Waals surface area contributed by atoms with Crippen molar-refractivity contribution in [3.8, 4) is 0 Å². The molecule has 33 heavy (non-hydrogen) atoms. The number of rotatable bonds is 7. The van der Waals surface area contributed by atoms with Crippen LogP contribution < -0.4 is 0 Å². The summed E-state index contributed by atoms with van der Waals surface area (Å²) in [5, 5.41) is 0. The second-order valence-electron chi connectivity index (χ2n) is 15.2. The van der Waals surface area contributed by atoms with Gasteiger partial charge in [0.15, 0.2) is 8.32 Å². The summed E-state index contributed by atoms with van der Waals surface area (Å²) in [7, 11) is -1.49. The molecule has 3 heteroatoms. The van der Waals surface area contributed by atoms with Crippen LogP contribution in [0.25, 0.3) is 0 Å². The minimum atomic E-state index is -1.49. The van der Waals surface area contributed by atoms with E-state index >= 15 is 0 Å². The molecule has 5 rings (SSSR count). The Labute approximate surface area is 206 Å². The van der Waals surface area contributed by atoms with Crippen LogP contribution in [0.2, 0.25) is 19.6 Å². The molecule has 4 aliphatic carbocycles. The van der Waals surface area contributed by atoms with E-state index < -0.39 is 8.32 Å². The molecule has 0 radical (unpaired) electrons. The van der Waals surface area contributed by atoms with E-state index in [1.807, 2.05) is 0 Å². The van der Waals surface area contributed by atoms with Crippen molar-refractivity contribution in [1.82, 2.24) is 0 Å². The molecule has 0 bridgehead atoms. The van der Waals surface area contributed by atoms with Gasteiger partial charge in [0.25, 0.3) is 0 Å². The topological polar surface area (TPSA) is 21.8 Å². The van der Waals surface area contributed by atoms with E-state index in [1.165, 1.54) is 70.6 Å². The first-order chi connectivity index (χ1) is 15.4. The third kappa shape index (κ3) is 4.03. The molecule has 1 spiro atoms. The van der Waals surface area contributed by atoms with Crippen molar-refractivity contribution in [1.29, 1.82) is 0 Å². The molecule has 0 aromatic heterocycles. The predicted octanol–water partition coefficient (Wildman–Crippen LogP) is 8.46. The number of epoxide rings is 1. The highest BCUT2D eigenvalue weighted by atomic mass is 28.4. The smallest absolute Gasteiger partial charge is 0.184 e. The van der Waals surface area contributed by atoms with Gasteiger partial charge in [-0.15, -0.1) is 0 Å². The molecule has 1 aliphatic heterocycles. The summed E-state index contributed by atoms with van der Waals surface area (Å²) in [5.74, 6) is 5.46. The standard InChI is InChI=1S/C30H54O2Si/c1-20(2)10-9-11-21(3)24-12-13-25-23-18-27-30(31-27)19-22(32-33(6,7)8)14-17-29(30,5)26(23)15-16-28(24,25)4/h20-27H,9-19H2,1-8H3/t21?,22-,23?,24?,25?,26?,27+,28?,29?,30+/m0/s1. The zero-order chi connectivity index (χ0) is 23.8. The van der Waals surface area contributed by atoms with Crippen LogP contribution in [-0.2, 0) is 9.16 Å². The molecule has 2 nitrogen and oxygen atoms in total. The van der Waals surface area contributed by atoms with Gasteiger partial charge in [-0.3, -0.25) is 0 Å². The van der Waals surface area contributed by atoms with Gasteiger partial charge in [-0.25, -0.2) is 0 Å². The van der Waals surface area contributed by atoms with Crippen LogP contribution in [-0.4, -0.2) is 26.1 Å². The Morgan fingerprint density at radius 2 is 1.70 bits per heavy atom. The lowest BCUT2D eigenvalue weighted by atomic mass is 9.44. The van der Waals surface area contributed by atoms with Crippen molar-refractivity contribution in [2.24, 2.45) is 46.3 Å². The Hall–Kier alpha value is 0.137. The Morgan fingerprint density at radius 1 is 0.939 bits per heavy atom. The molecule has 5 fully saturated rings. The molecular formula is C30H54O2Si. The second-order valence-corrected chi connectivity index (χ2v) is 19.6. The molecule has 0 aromatic rings. The molecule has 0 amide bonds. The molecule has 1 saturated heterocycles. The van der Waals surface area contributed by atoms with E-state index in [-0.39, 0.29) is 5.60 Å². The zero-order valence-corrected chi connectivity index (χ0v) is 24.2. The van der Waals surface area contributed by atoms with E-state index in [1.54, 1.807) is 0 Å². The fourth-order valence-electron chi connectivity index (χ4n) is 10.3. The summed E-state index contributed by atoms with van der Waals surface area (Å²) < 4.78 is 13.4. The molecule has 10 atom stereocenters. The maximum atomic E-state index is 6.78. The SMILES string of the molecule is CC(C)CCCC(C)C1CCC2C3C[C@H]4O[C@]45C[C@@H](O[Si](C)(C)C)CCC5(C)C3CCC12C. The lowest BCUT2D eigenvalue weighted by molar-refractivity contribution is -0.114. The quantitative estimate of drug-likeness (QED) is 0.273. The summed E-state index contributed by atoms with van der Waals surface area (Å²) in [6.45, 7) is 19.8. The van der Waals surface area contributed by atoms with Crippen LogP contribution in [0.5, 0.6) is 0 Å². The number of hydrogen-bond donors (Lipinski definition) is 0. The van der Waals surface area contributed by atoms with E-state index in [4.69, 9.17) is 9.16 Å². The van der Waals surface area contributed by atoms with Gasteiger partial charge in [0.1, 0.15) is 5.60 Å². The van der Waals surface area contributed by atoms with E-state index in [0.717, 1.165) is 35.5 Å². The van der Waals surface area contributed by atoms with Gasteiger partial charge in [0.05, 0.1) is 6.10 Å². The zero-order valence-electron chi connectivity index (χ0n) is 23.2. The van der Waals surface area contributed by atoms with Gasteiger partial charge >= 0.3 is 0 Å². The summed E-state index contributed by atoms with van der Waals surface area (Å²) in [6, 6.07) is 0. The van der Waals surface area contributed by atoms with Crippen molar-refractivity contribution < 1.29 is 9.16 Å². The van der Waals surface area contributed by atoms with Crippen LogP contribution in [0, 0.1) is 46.3 Å². The summed E-state index contributed by atoms with van der Waals surface area (Å²) in [6.07, 6.45) is 16.3. The second kappa shape index (κ2) is 8.34. The van der Waals surface area contributed by atoms with E-state index in [2.05, 4.69) is 54.3 Å². The lowest BCUT2D eigenvalue weighted by Gasteiger charge is -2.60. The fraction of sp³-hybridized carbons (Fsp3) is 1.00. The average Bonchev–Trinajstić information content (AvgIpc) is 3.27. The third-order valence-corrected chi connectivity index (χ3v) is 12.8. The lowest BCUT2D eigenvalue weighted by Crippen LogP contribution is -2.59. The van der Waals surface area contributed by atoms with E-state index in [0.29, 0.717) is 23.0 Å². The molecular weight excluding hydrogens is 420 g/mol. The number of hydrogen-bond acceptors (Lipinski definition) is 2. The van der Waals surface area contributed by atoms with Crippen LogP contribution in [0.1, 0.15) is 105 Å². The highest BCUT2D eigenvalue weighted by Crippen LogP contribution is 2.74. The molecule has 7 unspecified atom stereocenters. The normalized spacial score (nSPS) is 49.7. The van der Waals surface area contributed by atoms with Crippen LogP contribution in [0.3, 0.4) is 0 Å². The summed E-state index contributed by atoms with van der Waals surface area (Å²) >= 11 is 0. The highest BCUT2D eigenvalue weighted by molar-refractivity contribution is 6.69. The predicted molar refractivity (Wildman–Crippen MR) is 141 cm³/mol. The van der Waals surface area contributed by atoms with Gasteiger partial charge in [0, 0.05) is 17.9 Å². The fourth-order valence-corrected chi connectivity index (χ4v) is 11.5. The first-order valence-electron chi connectivity index (χ1n) is 14.8. The van der Waals surface area contributed by atoms with Crippen molar-refractivity contribution >= 4 is 8.32 Å². The van der Waals surface area contributed by atoms with Gasteiger partial charge in [-0.05, 0) is 106 Å². The Balaban J connectivity index is 1.30. The van der Waals surface area contributed by atoms with E-state index in [9.17, 15) is 0 Å². The van der Waals surface area contributed by atoms with Gasteiger partial charge in [-0.2, -0.15) is 0 Å².